The molecule has 4 aromatic carbocycles. The molecule has 0 amide bonds. The number of fused-ring (bicyclic) bond motifs is 2. The van der Waals surface area contributed by atoms with Crippen molar-refractivity contribution in [3.8, 4) is 17.2 Å². The van der Waals surface area contributed by atoms with Crippen molar-refractivity contribution < 1.29 is 20.1 Å². The molecule has 0 unspecified atom stereocenters. The molecule has 5 heteroatoms. The molecule has 0 saturated heterocycles. The second kappa shape index (κ2) is 8.13. The Labute approximate surface area is 189 Å². The molecule has 33 heavy (non-hydrogen) atoms. The van der Waals surface area contributed by atoms with Crippen LogP contribution in [0.3, 0.4) is 0 Å². The molecule has 1 aromatic heterocycles. The smallest absolute Gasteiger partial charge is 0.197 e. The number of nitrogens with zero attached hydrogens (tertiary/aromatic N) is 1. The van der Waals surface area contributed by atoms with Crippen LogP contribution in [0.4, 0.5) is 0 Å². The number of carbonyl (C=O) groups excluding carboxylic acids is 1. The lowest BCUT2D eigenvalue weighted by Crippen LogP contribution is -2.03. The predicted molar refractivity (Wildman–Crippen MR) is 129 cm³/mol. The molecular weight excluding hydrogens is 414 g/mol. The lowest BCUT2D eigenvalue weighted by Gasteiger charge is -2.10. The van der Waals surface area contributed by atoms with Gasteiger partial charge < -0.3 is 15.3 Å². The maximum absolute atomic E-state index is 13.3. The van der Waals surface area contributed by atoms with Crippen LogP contribution in [-0.2, 0) is 0 Å². The van der Waals surface area contributed by atoms with Crippen molar-refractivity contribution in [2.45, 2.75) is 0 Å². The zero-order valence-electron chi connectivity index (χ0n) is 17.4. The number of carbonyl (C=O) groups is 1. The maximum atomic E-state index is 13.3. The van der Waals surface area contributed by atoms with E-state index in [0.717, 1.165) is 10.8 Å². The predicted octanol–water partition coefficient (Wildman–Crippen LogP) is 5.91. The zero-order chi connectivity index (χ0) is 22.9. The number of benzene rings is 4. The summed E-state index contributed by atoms with van der Waals surface area (Å²) >= 11 is 0. The summed E-state index contributed by atoms with van der Waals surface area (Å²) in [5, 5.41) is 32.6. The summed E-state index contributed by atoms with van der Waals surface area (Å²) < 4.78 is 0. The van der Waals surface area contributed by atoms with Gasteiger partial charge in [0.25, 0.3) is 0 Å². The van der Waals surface area contributed by atoms with Crippen molar-refractivity contribution in [2.75, 3.05) is 0 Å². The van der Waals surface area contributed by atoms with Crippen LogP contribution in [0.1, 0.15) is 27.2 Å². The van der Waals surface area contributed by atoms with E-state index in [0.29, 0.717) is 27.7 Å². The van der Waals surface area contributed by atoms with Crippen LogP contribution >= 0.6 is 0 Å². The molecule has 0 fully saturated rings. The summed E-state index contributed by atoms with van der Waals surface area (Å²) in [6.07, 6.45) is 3.46. The largest absolute Gasteiger partial charge is 0.505 e. The van der Waals surface area contributed by atoms with Crippen LogP contribution in [0.5, 0.6) is 17.2 Å². The van der Waals surface area contributed by atoms with Crippen molar-refractivity contribution in [3.05, 3.63) is 107 Å². The quantitative estimate of drug-likeness (QED) is 0.242. The van der Waals surface area contributed by atoms with Gasteiger partial charge >= 0.3 is 0 Å². The SMILES string of the molecule is O=C(c1ccc2ccc(/C=C/c3ccc(O)c(O)c3)nc2c1O)c1cccc2ccccc12. The van der Waals surface area contributed by atoms with E-state index in [4.69, 9.17) is 0 Å². The minimum atomic E-state index is -0.270. The van der Waals surface area contributed by atoms with Crippen LogP contribution in [0.15, 0.2) is 84.9 Å². The number of aromatic nitrogens is 1. The van der Waals surface area contributed by atoms with Gasteiger partial charge in [-0.15, -0.1) is 0 Å². The Morgan fingerprint density at radius 2 is 1.48 bits per heavy atom. The monoisotopic (exact) mass is 433 g/mol. The Balaban J connectivity index is 1.54. The molecule has 0 atom stereocenters. The van der Waals surface area contributed by atoms with Crippen LogP contribution in [0.25, 0.3) is 33.8 Å². The Hall–Kier alpha value is -4.64. The van der Waals surface area contributed by atoms with E-state index in [-0.39, 0.29) is 28.6 Å². The number of phenols is 3. The first-order chi connectivity index (χ1) is 16.0. The summed E-state index contributed by atoms with van der Waals surface area (Å²) in [5.74, 6) is -0.835. The van der Waals surface area contributed by atoms with Gasteiger partial charge in [-0.25, -0.2) is 4.98 Å². The fraction of sp³-hybridized carbons (Fsp3) is 0. The van der Waals surface area contributed by atoms with Gasteiger partial charge in [0, 0.05) is 10.9 Å². The summed E-state index contributed by atoms with van der Waals surface area (Å²) in [6.45, 7) is 0. The van der Waals surface area contributed by atoms with Crippen LogP contribution in [-0.4, -0.2) is 26.1 Å². The number of hydrogen-bond acceptors (Lipinski definition) is 5. The topological polar surface area (TPSA) is 90.7 Å². The molecule has 0 radical (unpaired) electrons. The molecule has 1 heterocycles. The Bertz CT molecular complexity index is 1560. The van der Waals surface area contributed by atoms with E-state index in [1.54, 1.807) is 42.5 Å². The van der Waals surface area contributed by atoms with Crippen molar-refractivity contribution in [3.63, 3.8) is 0 Å². The fourth-order valence-corrected chi connectivity index (χ4v) is 3.86. The van der Waals surface area contributed by atoms with Crippen molar-refractivity contribution in [1.82, 2.24) is 4.98 Å². The van der Waals surface area contributed by atoms with Crippen molar-refractivity contribution in [1.29, 1.82) is 0 Å². The highest BCUT2D eigenvalue weighted by atomic mass is 16.3. The van der Waals surface area contributed by atoms with Gasteiger partial charge in [0.15, 0.2) is 23.0 Å². The molecule has 5 aromatic rings. The van der Waals surface area contributed by atoms with Crippen molar-refractivity contribution >= 4 is 39.6 Å². The Morgan fingerprint density at radius 3 is 2.33 bits per heavy atom. The average molecular weight is 433 g/mol. The molecule has 5 rings (SSSR count). The van der Waals surface area contributed by atoms with Gasteiger partial charge in [-0.3, -0.25) is 4.79 Å². The first kappa shape index (κ1) is 20.3. The molecule has 160 valence electrons. The summed E-state index contributed by atoms with van der Waals surface area (Å²) in [6, 6.07) is 24.7. The number of ketones is 1. The van der Waals surface area contributed by atoms with E-state index in [2.05, 4.69) is 4.98 Å². The highest BCUT2D eigenvalue weighted by molar-refractivity contribution is 6.19. The van der Waals surface area contributed by atoms with Gasteiger partial charge in [-0.1, -0.05) is 66.7 Å². The molecule has 0 aliphatic rings. The first-order valence-corrected chi connectivity index (χ1v) is 10.4. The molecule has 0 aliphatic carbocycles. The van der Waals surface area contributed by atoms with E-state index in [1.807, 2.05) is 42.5 Å². The van der Waals surface area contributed by atoms with Crippen LogP contribution in [0.2, 0.25) is 0 Å². The van der Waals surface area contributed by atoms with E-state index < -0.39 is 0 Å². The van der Waals surface area contributed by atoms with E-state index in [1.165, 1.54) is 12.1 Å². The molecule has 0 aliphatic heterocycles. The van der Waals surface area contributed by atoms with Crippen LogP contribution < -0.4 is 0 Å². The van der Waals surface area contributed by atoms with Gasteiger partial charge in [-0.2, -0.15) is 0 Å². The third-order valence-corrected chi connectivity index (χ3v) is 5.58. The third kappa shape index (κ3) is 3.77. The molecule has 0 saturated carbocycles. The average Bonchev–Trinajstić information content (AvgIpc) is 2.84. The normalized spacial score (nSPS) is 11.4. The highest BCUT2D eigenvalue weighted by Gasteiger charge is 2.18. The van der Waals surface area contributed by atoms with E-state index in [9.17, 15) is 20.1 Å². The summed E-state index contributed by atoms with van der Waals surface area (Å²) in [5.41, 5.74) is 2.29. The molecule has 3 N–H and O–H groups in total. The molecule has 0 spiro atoms. The Morgan fingerprint density at radius 1 is 0.697 bits per heavy atom. The lowest BCUT2D eigenvalue weighted by molar-refractivity contribution is 0.103. The maximum Gasteiger partial charge on any atom is 0.197 e. The number of rotatable bonds is 4. The molecule has 5 nitrogen and oxygen atoms in total. The zero-order valence-corrected chi connectivity index (χ0v) is 17.4. The molecular formula is C28H19NO4. The fourth-order valence-electron chi connectivity index (χ4n) is 3.86. The van der Waals surface area contributed by atoms with Crippen LogP contribution in [0, 0.1) is 0 Å². The van der Waals surface area contributed by atoms with Gasteiger partial charge in [0.2, 0.25) is 0 Å². The second-order valence-electron chi connectivity index (χ2n) is 7.71. The lowest BCUT2D eigenvalue weighted by atomic mass is 9.96. The minimum Gasteiger partial charge on any atom is -0.505 e. The Kier molecular flexibility index (Phi) is 4.99. The standard InChI is InChI=1S/C28H19NO4/c30-24-15-9-17(16-25(24)31)8-12-20-13-10-19-11-14-23(28(33)26(19)29-20)27(32)22-7-3-5-18-4-1-2-6-21(18)22/h1-16,30-31,33H/b12-8+. The highest BCUT2D eigenvalue weighted by Crippen LogP contribution is 2.31. The number of aromatic hydroxyl groups is 3. The minimum absolute atomic E-state index is 0.164. The number of hydrogen-bond donors (Lipinski definition) is 3. The number of pyridine rings is 1. The summed E-state index contributed by atoms with van der Waals surface area (Å²) in [7, 11) is 0. The first-order valence-electron chi connectivity index (χ1n) is 10.4. The van der Waals surface area contributed by atoms with Gasteiger partial charge in [0.05, 0.1) is 11.3 Å². The molecule has 0 bridgehead atoms. The van der Waals surface area contributed by atoms with E-state index >= 15 is 0 Å². The second-order valence-corrected chi connectivity index (χ2v) is 7.71. The number of phenolic OH excluding ortho intramolecular Hbond substituents is 3. The van der Waals surface area contributed by atoms with Crippen molar-refractivity contribution in [2.24, 2.45) is 0 Å². The van der Waals surface area contributed by atoms with Gasteiger partial charge in [0.1, 0.15) is 5.52 Å². The third-order valence-electron chi connectivity index (χ3n) is 5.58. The van der Waals surface area contributed by atoms with Gasteiger partial charge in [-0.05, 0) is 46.7 Å². The summed E-state index contributed by atoms with van der Waals surface area (Å²) in [4.78, 5) is 17.9.